The van der Waals surface area contributed by atoms with Crippen molar-refractivity contribution in [3.8, 4) is 0 Å². The molecule has 0 bridgehead atoms. The average molecular weight is 266 g/mol. The van der Waals surface area contributed by atoms with Crippen molar-refractivity contribution in [2.75, 3.05) is 13.6 Å². The highest BCUT2D eigenvalue weighted by atomic mass is 16.2. The summed E-state index contributed by atoms with van der Waals surface area (Å²) in [6.45, 7) is 0.747. The zero-order valence-corrected chi connectivity index (χ0v) is 12.4. The van der Waals surface area contributed by atoms with Crippen LogP contribution in [0.3, 0.4) is 0 Å². The molecule has 2 fully saturated rings. The summed E-state index contributed by atoms with van der Waals surface area (Å²) in [5.74, 6) is 1.21. The molecule has 0 radical (unpaired) electrons. The topological polar surface area (TPSA) is 46.3 Å². The van der Waals surface area contributed by atoms with Gasteiger partial charge in [-0.25, -0.2) is 0 Å². The lowest BCUT2D eigenvalue weighted by atomic mass is 9.80. The summed E-state index contributed by atoms with van der Waals surface area (Å²) in [6.07, 6.45) is 12.2. The van der Waals surface area contributed by atoms with Crippen LogP contribution < -0.4 is 5.73 Å². The summed E-state index contributed by atoms with van der Waals surface area (Å²) in [6, 6.07) is 0.494. The average Bonchev–Trinajstić information content (AvgIpc) is 2.75. The van der Waals surface area contributed by atoms with E-state index in [-0.39, 0.29) is 5.92 Å². The van der Waals surface area contributed by atoms with Crippen LogP contribution in [0.25, 0.3) is 0 Å². The molecule has 0 aromatic heterocycles. The SMILES string of the molecule is CN(C(=O)C1CCCC(CN)C1)C1CCCCCC1. The number of nitrogens with two attached hydrogens (primary N) is 1. The van der Waals surface area contributed by atoms with Gasteiger partial charge in [-0.2, -0.15) is 0 Å². The summed E-state index contributed by atoms with van der Waals surface area (Å²) >= 11 is 0. The summed E-state index contributed by atoms with van der Waals surface area (Å²) in [5.41, 5.74) is 5.78. The Labute approximate surface area is 117 Å². The van der Waals surface area contributed by atoms with Crippen LogP contribution in [0.15, 0.2) is 0 Å². The highest BCUT2D eigenvalue weighted by Gasteiger charge is 2.31. The molecule has 1 amide bonds. The normalized spacial score (nSPS) is 29.8. The van der Waals surface area contributed by atoms with Crippen molar-refractivity contribution in [1.29, 1.82) is 0 Å². The molecule has 2 N–H and O–H groups in total. The third kappa shape index (κ3) is 3.95. The highest BCUT2D eigenvalue weighted by Crippen LogP contribution is 2.31. The number of rotatable bonds is 3. The second kappa shape index (κ2) is 7.28. The molecule has 0 aliphatic heterocycles. The first-order valence-corrected chi connectivity index (χ1v) is 8.19. The maximum absolute atomic E-state index is 12.7. The number of amides is 1. The van der Waals surface area contributed by atoms with E-state index in [2.05, 4.69) is 4.90 Å². The molecule has 3 nitrogen and oxygen atoms in total. The first-order valence-electron chi connectivity index (χ1n) is 8.19. The minimum Gasteiger partial charge on any atom is -0.343 e. The number of carbonyl (C=O) groups excluding carboxylic acids is 1. The summed E-state index contributed by atoms with van der Waals surface area (Å²) in [7, 11) is 2.03. The lowest BCUT2D eigenvalue weighted by molar-refractivity contribution is -0.138. The predicted octanol–water partition coefficient (Wildman–Crippen LogP) is 2.93. The molecular weight excluding hydrogens is 236 g/mol. The smallest absolute Gasteiger partial charge is 0.225 e. The van der Waals surface area contributed by atoms with Gasteiger partial charge in [0.1, 0.15) is 0 Å². The van der Waals surface area contributed by atoms with Gasteiger partial charge in [-0.15, -0.1) is 0 Å². The third-order valence-electron chi connectivity index (χ3n) is 5.19. The van der Waals surface area contributed by atoms with Crippen molar-refractivity contribution in [3.63, 3.8) is 0 Å². The zero-order chi connectivity index (χ0) is 13.7. The minimum absolute atomic E-state index is 0.246. The van der Waals surface area contributed by atoms with Gasteiger partial charge in [0.2, 0.25) is 5.91 Å². The monoisotopic (exact) mass is 266 g/mol. The molecule has 110 valence electrons. The Balaban J connectivity index is 1.90. The first kappa shape index (κ1) is 14.8. The maximum Gasteiger partial charge on any atom is 0.225 e. The van der Waals surface area contributed by atoms with E-state index in [0.29, 0.717) is 17.9 Å². The fraction of sp³-hybridized carbons (Fsp3) is 0.938. The summed E-state index contributed by atoms with van der Waals surface area (Å²) in [4.78, 5) is 14.7. The molecule has 2 unspecified atom stereocenters. The van der Waals surface area contributed by atoms with E-state index in [4.69, 9.17) is 5.73 Å². The largest absolute Gasteiger partial charge is 0.343 e. The molecular formula is C16H30N2O. The molecule has 3 heteroatoms. The van der Waals surface area contributed by atoms with Gasteiger partial charge >= 0.3 is 0 Å². The lowest BCUT2D eigenvalue weighted by Crippen LogP contribution is -2.42. The number of hydrogen-bond acceptors (Lipinski definition) is 2. The zero-order valence-electron chi connectivity index (χ0n) is 12.4. The van der Waals surface area contributed by atoms with Gasteiger partial charge in [0.05, 0.1) is 0 Å². The van der Waals surface area contributed by atoms with Gasteiger partial charge in [0, 0.05) is 19.0 Å². The lowest BCUT2D eigenvalue weighted by Gasteiger charge is -2.34. The maximum atomic E-state index is 12.7. The van der Waals surface area contributed by atoms with Gasteiger partial charge in [-0.1, -0.05) is 32.1 Å². The Morgan fingerprint density at radius 1 is 1.05 bits per heavy atom. The van der Waals surface area contributed by atoms with E-state index in [0.717, 1.165) is 19.4 Å². The molecule has 2 aliphatic carbocycles. The molecule has 0 aromatic rings. The van der Waals surface area contributed by atoms with Crippen molar-refractivity contribution in [2.45, 2.75) is 70.3 Å². The minimum atomic E-state index is 0.246. The van der Waals surface area contributed by atoms with Crippen LogP contribution in [0.1, 0.15) is 64.2 Å². The van der Waals surface area contributed by atoms with Crippen LogP contribution >= 0.6 is 0 Å². The molecule has 0 spiro atoms. The third-order valence-corrected chi connectivity index (χ3v) is 5.19. The molecule has 0 aromatic carbocycles. The Kier molecular flexibility index (Phi) is 5.68. The van der Waals surface area contributed by atoms with Crippen LogP contribution in [0.4, 0.5) is 0 Å². The van der Waals surface area contributed by atoms with E-state index >= 15 is 0 Å². The Morgan fingerprint density at radius 2 is 1.74 bits per heavy atom. The van der Waals surface area contributed by atoms with E-state index in [1.165, 1.54) is 51.4 Å². The quantitative estimate of drug-likeness (QED) is 0.798. The van der Waals surface area contributed by atoms with Crippen LogP contribution in [-0.2, 0) is 4.79 Å². The van der Waals surface area contributed by atoms with Crippen molar-refractivity contribution in [1.82, 2.24) is 4.90 Å². The van der Waals surface area contributed by atoms with E-state index in [1.54, 1.807) is 0 Å². The molecule has 2 aliphatic rings. The second-order valence-electron chi connectivity index (χ2n) is 6.56. The van der Waals surface area contributed by atoms with Gasteiger partial charge in [0.15, 0.2) is 0 Å². The van der Waals surface area contributed by atoms with Gasteiger partial charge in [-0.05, 0) is 44.6 Å². The molecule has 2 atom stereocenters. The van der Waals surface area contributed by atoms with Crippen molar-refractivity contribution >= 4 is 5.91 Å². The summed E-state index contributed by atoms with van der Waals surface area (Å²) in [5, 5.41) is 0. The second-order valence-corrected chi connectivity index (χ2v) is 6.56. The van der Waals surface area contributed by atoms with Crippen LogP contribution in [0, 0.1) is 11.8 Å². The van der Waals surface area contributed by atoms with Crippen molar-refractivity contribution < 1.29 is 4.79 Å². The van der Waals surface area contributed by atoms with Crippen molar-refractivity contribution in [3.05, 3.63) is 0 Å². The van der Waals surface area contributed by atoms with Crippen LogP contribution in [0.5, 0.6) is 0 Å². The fourth-order valence-electron chi connectivity index (χ4n) is 3.84. The van der Waals surface area contributed by atoms with Gasteiger partial charge in [0.25, 0.3) is 0 Å². The first-order chi connectivity index (χ1) is 9.22. The summed E-state index contributed by atoms with van der Waals surface area (Å²) < 4.78 is 0. The molecule has 19 heavy (non-hydrogen) atoms. The number of hydrogen-bond donors (Lipinski definition) is 1. The molecule has 2 saturated carbocycles. The predicted molar refractivity (Wildman–Crippen MR) is 78.8 cm³/mol. The standard InChI is InChI=1S/C16H30N2O/c1-18(15-9-4-2-3-5-10-15)16(19)14-8-6-7-13(11-14)12-17/h13-15H,2-12,17H2,1H3. The Hall–Kier alpha value is -0.570. The van der Waals surface area contributed by atoms with Gasteiger partial charge < -0.3 is 10.6 Å². The fourth-order valence-corrected chi connectivity index (χ4v) is 3.84. The Bertz CT molecular complexity index is 284. The highest BCUT2D eigenvalue weighted by molar-refractivity contribution is 5.79. The molecule has 0 heterocycles. The van der Waals surface area contributed by atoms with E-state index < -0.39 is 0 Å². The van der Waals surface area contributed by atoms with E-state index in [1.807, 2.05) is 7.05 Å². The molecule has 0 saturated heterocycles. The van der Waals surface area contributed by atoms with Crippen LogP contribution in [-0.4, -0.2) is 30.4 Å². The van der Waals surface area contributed by atoms with Crippen LogP contribution in [0.2, 0.25) is 0 Å². The van der Waals surface area contributed by atoms with Crippen molar-refractivity contribution in [2.24, 2.45) is 17.6 Å². The number of carbonyl (C=O) groups is 1. The Morgan fingerprint density at radius 3 is 2.37 bits per heavy atom. The van der Waals surface area contributed by atoms with Gasteiger partial charge in [-0.3, -0.25) is 4.79 Å². The van der Waals surface area contributed by atoms with E-state index in [9.17, 15) is 4.79 Å². The molecule has 2 rings (SSSR count). The number of nitrogens with zero attached hydrogens (tertiary/aromatic N) is 1.